The van der Waals surface area contributed by atoms with Gasteiger partial charge in [-0.15, -0.1) is 11.6 Å². The molecule has 0 saturated carbocycles. The number of anilines is 3. The summed E-state index contributed by atoms with van der Waals surface area (Å²) < 4.78 is 0. The molecular formula is C18H23ClN4O. The molecule has 1 aromatic heterocycles. The first kappa shape index (κ1) is 18.2. The summed E-state index contributed by atoms with van der Waals surface area (Å²) in [5.74, 6) is 0.880. The fourth-order valence-electron chi connectivity index (χ4n) is 2.10. The maximum Gasteiger partial charge on any atom is 0.231 e. The van der Waals surface area contributed by atoms with Gasteiger partial charge in [-0.1, -0.05) is 13.0 Å². The quantitative estimate of drug-likeness (QED) is 0.765. The number of aromatic nitrogens is 2. The Labute approximate surface area is 147 Å². The van der Waals surface area contributed by atoms with Crippen molar-refractivity contribution in [2.75, 3.05) is 16.5 Å². The van der Waals surface area contributed by atoms with Crippen molar-refractivity contribution in [1.29, 1.82) is 0 Å². The summed E-state index contributed by atoms with van der Waals surface area (Å²) in [7, 11) is 0. The minimum atomic E-state index is -0.625. The molecule has 2 aromatic rings. The molecule has 0 bridgehead atoms. The third-order valence-electron chi connectivity index (χ3n) is 3.76. The molecule has 5 nitrogen and oxygen atoms in total. The molecule has 0 radical (unpaired) electrons. The summed E-state index contributed by atoms with van der Waals surface area (Å²) >= 11 is 5.89. The molecule has 0 aliphatic carbocycles. The third-order valence-corrected chi connectivity index (χ3v) is 4.43. The predicted octanol–water partition coefficient (Wildman–Crippen LogP) is 4.29. The van der Waals surface area contributed by atoms with E-state index in [-0.39, 0.29) is 11.8 Å². The second-order valence-electron chi connectivity index (χ2n) is 6.37. The summed E-state index contributed by atoms with van der Waals surface area (Å²) in [6, 6.07) is 7.75. The lowest BCUT2D eigenvalue weighted by molar-refractivity contribution is -0.122. The number of hydrogen-bond acceptors (Lipinski definition) is 4. The fraction of sp³-hybridized carbons (Fsp3) is 0.389. The number of rotatable bonds is 6. The van der Waals surface area contributed by atoms with Crippen LogP contribution in [0.2, 0.25) is 0 Å². The van der Waals surface area contributed by atoms with Crippen molar-refractivity contribution in [1.82, 2.24) is 9.97 Å². The first-order valence-corrected chi connectivity index (χ1v) is 8.45. The molecular weight excluding hydrogens is 324 g/mol. The van der Waals surface area contributed by atoms with Gasteiger partial charge in [0, 0.05) is 29.0 Å². The molecule has 0 atom stereocenters. The van der Waals surface area contributed by atoms with Crippen LogP contribution in [0.25, 0.3) is 0 Å². The molecule has 1 aromatic carbocycles. The molecule has 6 heteroatoms. The highest BCUT2D eigenvalue weighted by Crippen LogP contribution is 2.26. The van der Waals surface area contributed by atoms with Crippen LogP contribution in [-0.2, 0) is 11.2 Å². The van der Waals surface area contributed by atoms with E-state index in [1.54, 1.807) is 0 Å². The molecule has 0 unspecified atom stereocenters. The van der Waals surface area contributed by atoms with Gasteiger partial charge in [0.1, 0.15) is 12.1 Å². The highest BCUT2D eigenvalue weighted by Gasteiger charge is 2.27. The lowest BCUT2D eigenvalue weighted by Gasteiger charge is -2.22. The number of aryl methyl sites for hydroxylation is 2. The Morgan fingerprint density at radius 2 is 2.00 bits per heavy atom. The van der Waals surface area contributed by atoms with Gasteiger partial charge in [-0.05, 0) is 44.9 Å². The van der Waals surface area contributed by atoms with Gasteiger partial charge in [0.15, 0.2) is 0 Å². The van der Waals surface area contributed by atoms with Crippen LogP contribution in [0, 0.1) is 12.3 Å². The smallest absolute Gasteiger partial charge is 0.231 e. The molecule has 0 fully saturated rings. The predicted molar refractivity (Wildman–Crippen MR) is 99.0 cm³/mol. The topological polar surface area (TPSA) is 66.9 Å². The first-order valence-electron chi connectivity index (χ1n) is 7.91. The van der Waals surface area contributed by atoms with Gasteiger partial charge in [0.25, 0.3) is 0 Å². The van der Waals surface area contributed by atoms with Crippen molar-refractivity contribution in [2.45, 2.75) is 34.1 Å². The number of alkyl halides is 1. The molecule has 0 saturated heterocycles. The first-order chi connectivity index (χ1) is 11.4. The second-order valence-corrected chi connectivity index (χ2v) is 6.63. The Morgan fingerprint density at radius 3 is 2.62 bits per heavy atom. The van der Waals surface area contributed by atoms with Gasteiger partial charge >= 0.3 is 0 Å². The van der Waals surface area contributed by atoms with E-state index in [1.807, 2.05) is 45.0 Å². The number of nitrogens with one attached hydrogen (secondary N) is 2. The molecule has 2 rings (SSSR count). The second kappa shape index (κ2) is 7.62. The third kappa shape index (κ3) is 4.45. The van der Waals surface area contributed by atoms with Crippen molar-refractivity contribution in [3.63, 3.8) is 0 Å². The zero-order valence-electron chi connectivity index (χ0n) is 14.5. The van der Waals surface area contributed by atoms with Crippen molar-refractivity contribution in [2.24, 2.45) is 5.41 Å². The van der Waals surface area contributed by atoms with Gasteiger partial charge in [-0.25, -0.2) is 9.97 Å². The van der Waals surface area contributed by atoms with Crippen molar-refractivity contribution in [3.8, 4) is 0 Å². The maximum atomic E-state index is 12.4. The molecule has 0 spiro atoms. The normalized spacial score (nSPS) is 11.2. The highest BCUT2D eigenvalue weighted by atomic mass is 35.5. The van der Waals surface area contributed by atoms with E-state index in [0.29, 0.717) is 5.82 Å². The summed E-state index contributed by atoms with van der Waals surface area (Å²) in [4.78, 5) is 20.7. The monoisotopic (exact) mass is 346 g/mol. The van der Waals surface area contributed by atoms with Gasteiger partial charge in [-0.2, -0.15) is 0 Å². The van der Waals surface area contributed by atoms with Gasteiger partial charge < -0.3 is 10.6 Å². The fourth-order valence-corrected chi connectivity index (χ4v) is 2.22. The average Bonchev–Trinajstić information content (AvgIpc) is 2.55. The number of halogens is 1. The molecule has 128 valence electrons. The number of carbonyl (C=O) groups is 1. The van der Waals surface area contributed by atoms with Crippen LogP contribution in [0.4, 0.5) is 17.2 Å². The molecule has 0 aliphatic heterocycles. The SMILES string of the molecule is CCc1ccc(Nc2cc(C)ncn2)cc1NC(=O)C(C)(C)CCl. The number of benzene rings is 1. The molecule has 2 N–H and O–H groups in total. The van der Waals surface area contributed by atoms with E-state index >= 15 is 0 Å². The Morgan fingerprint density at radius 1 is 1.25 bits per heavy atom. The van der Waals surface area contributed by atoms with Crippen LogP contribution in [0.3, 0.4) is 0 Å². The molecule has 24 heavy (non-hydrogen) atoms. The van der Waals surface area contributed by atoms with Crippen LogP contribution in [-0.4, -0.2) is 21.8 Å². The summed E-state index contributed by atoms with van der Waals surface area (Å²) in [5, 5.41) is 6.23. The number of hydrogen-bond donors (Lipinski definition) is 2. The van der Waals surface area contributed by atoms with E-state index in [9.17, 15) is 4.79 Å². The number of amides is 1. The zero-order chi connectivity index (χ0) is 17.7. The zero-order valence-corrected chi connectivity index (χ0v) is 15.2. The Hall–Kier alpha value is -2.14. The van der Waals surface area contributed by atoms with E-state index in [2.05, 4.69) is 27.5 Å². The number of carbonyl (C=O) groups excluding carboxylic acids is 1. The Kier molecular flexibility index (Phi) is 5.78. The standard InChI is InChI=1S/C18H23ClN4O/c1-5-13-6-7-14(22-16-8-12(2)20-11-21-16)9-15(13)23-17(24)18(3,4)10-19/h6-9,11H,5,10H2,1-4H3,(H,23,24)(H,20,21,22). The van der Waals surface area contributed by atoms with Crippen molar-refractivity contribution in [3.05, 3.63) is 41.9 Å². The van der Waals surface area contributed by atoms with Crippen molar-refractivity contribution >= 4 is 34.7 Å². The average molecular weight is 347 g/mol. The van der Waals surface area contributed by atoms with Crippen LogP contribution in [0.1, 0.15) is 32.0 Å². The van der Waals surface area contributed by atoms with E-state index in [1.165, 1.54) is 6.33 Å². The van der Waals surface area contributed by atoms with Crippen LogP contribution < -0.4 is 10.6 Å². The van der Waals surface area contributed by atoms with Crippen LogP contribution in [0.5, 0.6) is 0 Å². The lowest BCUT2D eigenvalue weighted by atomic mass is 9.95. The summed E-state index contributed by atoms with van der Waals surface area (Å²) in [5.41, 5.74) is 2.97. The highest BCUT2D eigenvalue weighted by molar-refractivity contribution is 6.20. The van der Waals surface area contributed by atoms with Crippen LogP contribution >= 0.6 is 11.6 Å². The number of nitrogens with zero attached hydrogens (tertiary/aromatic N) is 2. The maximum absolute atomic E-state index is 12.4. The van der Waals surface area contributed by atoms with Gasteiger partial charge in [0.05, 0.1) is 5.41 Å². The largest absolute Gasteiger partial charge is 0.340 e. The lowest BCUT2D eigenvalue weighted by Crippen LogP contribution is -2.32. The summed E-state index contributed by atoms with van der Waals surface area (Å²) in [6.07, 6.45) is 2.34. The molecule has 1 heterocycles. The van der Waals surface area contributed by atoms with E-state index in [4.69, 9.17) is 11.6 Å². The van der Waals surface area contributed by atoms with E-state index < -0.39 is 5.41 Å². The Bertz CT molecular complexity index is 731. The van der Waals surface area contributed by atoms with Gasteiger partial charge in [-0.3, -0.25) is 4.79 Å². The Balaban J connectivity index is 2.25. The van der Waals surface area contributed by atoms with Crippen molar-refractivity contribution < 1.29 is 4.79 Å². The van der Waals surface area contributed by atoms with Crippen LogP contribution in [0.15, 0.2) is 30.6 Å². The molecule has 1 amide bonds. The summed E-state index contributed by atoms with van der Waals surface area (Å²) in [6.45, 7) is 7.62. The minimum absolute atomic E-state index is 0.0952. The van der Waals surface area contributed by atoms with Gasteiger partial charge in [0.2, 0.25) is 5.91 Å². The molecule has 0 aliphatic rings. The minimum Gasteiger partial charge on any atom is -0.340 e. The van der Waals surface area contributed by atoms with E-state index in [0.717, 1.165) is 29.1 Å².